The molecular formula is C20H26. The zero-order valence-corrected chi connectivity index (χ0v) is 13.4. The lowest BCUT2D eigenvalue weighted by atomic mass is 9.80. The van der Waals surface area contributed by atoms with Crippen LogP contribution in [-0.2, 0) is 5.41 Å². The molecule has 1 aromatic carbocycles. The standard InChI is InChI=1S/C18H20.C2H6/c1-18(2,3)17-10-5-4-9-16(17)15-11-13-7-6-8-14(13)12-15;1-2/h4-7,9-12,15H,8H2,1-3H3;1-2H3. The van der Waals surface area contributed by atoms with E-state index in [9.17, 15) is 0 Å². The van der Waals surface area contributed by atoms with E-state index in [1.165, 1.54) is 22.3 Å². The van der Waals surface area contributed by atoms with Crippen molar-refractivity contribution in [2.24, 2.45) is 0 Å². The molecule has 0 amide bonds. The van der Waals surface area contributed by atoms with Crippen molar-refractivity contribution in [3.63, 3.8) is 0 Å². The monoisotopic (exact) mass is 266 g/mol. The summed E-state index contributed by atoms with van der Waals surface area (Å²) >= 11 is 0. The fraction of sp³-hybridized carbons (Fsp3) is 0.400. The molecule has 0 aromatic heterocycles. The minimum Gasteiger partial charge on any atom is -0.0795 e. The second-order valence-electron chi connectivity index (χ2n) is 6.28. The van der Waals surface area contributed by atoms with Gasteiger partial charge in [0.05, 0.1) is 0 Å². The minimum absolute atomic E-state index is 0.209. The van der Waals surface area contributed by atoms with Gasteiger partial charge >= 0.3 is 0 Å². The number of fused-ring (bicyclic) bond motifs is 1. The van der Waals surface area contributed by atoms with Gasteiger partial charge in [0.25, 0.3) is 0 Å². The molecule has 0 radical (unpaired) electrons. The van der Waals surface area contributed by atoms with Crippen LogP contribution in [0.15, 0.2) is 59.7 Å². The smallest absolute Gasteiger partial charge is 0.0216 e. The molecule has 20 heavy (non-hydrogen) atoms. The highest BCUT2D eigenvalue weighted by Crippen LogP contribution is 2.40. The van der Waals surface area contributed by atoms with Gasteiger partial charge in [0.15, 0.2) is 0 Å². The van der Waals surface area contributed by atoms with E-state index in [1.807, 2.05) is 13.8 Å². The summed E-state index contributed by atoms with van der Waals surface area (Å²) in [5.41, 5.74) is 6.08. The van der Waals surface area contributed by atoms with Crippen LogP contribution in [0.1, 0.15) is 58.1 Å². The summed E-state index contributed by atoms with van der Waals surface area (Å²) < 4.78 is 0. The molecule has 0 nitrogen and oxygen atoms in total. The Morgan fingerprint density at radius 3 is 2.35 bits per heavy atom. The first kappa shape index (κ1) is 14.8. The number of rotatable bonds is 1. The van der Waals surface area contributed by atoms with Gasteiger partial charge in [-0.05, 0) is 34.1 Å². The van der Waals surface area contributed by atoms with E-state index >= 15 is 0 Å². The molecule has 1 atom stereocenters. The fourth-order valence-electron chi connectivity index (χ4n) is 2.97. The Labute approximate surface area is 123 Å². The van der Waals surface area contributed by atoms with Gasteiger partial charge in [-0.2, -0.15) is 0 Å². The summed E-state index contributed by atoms with van der Waals surface area (Å²) in [5.74, 6) is 0.468. The van der Waals surface area contributed by atoms with Crippen LogP contribution < -0.4 is 0 Å². The molecule has 0 heterocycles. The largest absolute Gasteiger partial charge is 0.0795 e. The van der Waals surface area contributed by atoms with Gasteiger partial charge in [-0.15, -0.1) is 0 Å². The van der Waals surface area contributed by atoms with E-state index in [1.54, 1.807) is 0 Å². The molecule has 106 valence electrons. The summed E-state index contributed by atoms with van der Waals surface area (Å²) in [6.45, 7) is 10.9. The summed E-state index contributed by atoms with van der Waals surface area (Å²) in [4.78, 5) is 0. The summed E-state index contributed by atoms with van der Waals surface area (Å²) in [5, 5.41) is 0. The molecule has 0 N–H and O–H groups in total. The third kappa shape index (κ3) is 2.80. The number of allylic oxidation sites excluding steroid dienone is 6. The molecule has 0 bridgehead atoms. The Kier molecular flexibility index (Phi) is 4.32. The van der Waals surface area contributed by atoms with Gasteiger partial charge < -0.3 is 0 Å². The highest BCUT2D eigenvalue weighted by atomic mass is 14.3. The average molecular weight is 266 g/mol. The molecule has 1 aromatic rings. The minimum atomic E-state index is 0.209. The Balaban J connectivity index is 0.000000704. The first-order chi connectivity index (χ1) is 9.55. The van der Waals surface area contributed by atoms with E-state index in [4.69, 9.17) is 0 Å². The summed E-state index contributed by atoms with van der Waals surface area (Å²) in [6, 6.07) is 8.87. The maximum Gasteiger partial charge on any atom is 0.0216 e. The first-order valence-electron chi connectivity index (χ1n) is 7.74. The molecule has 0 fully saturated rings. The van der Waals surface area contributed by atoms with Crippen molar-refractivity contribution in [1.82, 2.24) is 0 Å². The van der Waals surface area contributed by atoms with Gasteiger partial charge in [0.2, 0.25) is 0 Å². The highest BCUT2D eigenvalue weighted by Gasteiger charge is 2.24. The van der Waals surface area contributed by atoms with Gasteiger partial charge in [-0.3, -0.25) is 0 Å². The Morgan fingerprint density at radius 1 is 1.00 bits per heavy atom. The van der Waals surface area contributed by atoms with Crippen molar-refractivity contribution in [1.29, 1.82) is 0 Å². The number of hydrogen-bond donors (Lipinski definition) is 0. The van der Waals surface area contributed by atoms with Gasteiger partial charge in [0.1, 0.15) is 0 Å². The van der Waals surface area contributed by atoms with Crippen LogP contribution in [0.25, 0.3) is 0 Å². The topological polar surface area (TPSA) is 0 Å². The SMILES string of the molecule is CC.CC(C)(C)c1ccccc1C1C=C2C=CCC2=C1. The van der Waals surface area contributed by atoms with Crippen molar-refractivity contribution >= 4 is 0 Å². The van der Waals surface area contributed by atoms with E-state index in [0.29, 0.717) is 5.92 Å². The van der Waals surface area contributed by atoms with Crippen LogP contribution in [0.3, 0.4) is 0 Å². The van der Waals surface area contributed by atoms with Crippen molar-refractivity contribution in [2.45, 2.75) is 52.4 Å². The van der Waals surface area contributed by atoms with Crippen molar-refractivity contribution in [2.75, 3.05) is 0 Å². The zero-order chi connectivity index (χ0) is 14.8. The van der Waals surface area contributed by atoms with Gasteiger partial charge in [-0.1, -0.05) is 83.2 Å². The molecular weight excluding hydrogens is 240 g/mol. The molecule has 1 unspecified atom stereocenters. The molecule has 3 rings (SSSR count). The molecule has 0 saturated heterocycles. The Hall–Kier alpha value is -1.56. The quantitative estimate of drug-likeness (QED) is 0.592. The van der Waals surface area contributed by atoms with Crippen LogP contribution in [0.2, 0.25) is 0 Å². The van der Waals surface area contributed by atoms with Crippen LogP contribution >= 0.6 is 0 Å². The number of benzene rings is 1. The predicted octanol–water partition coefficient (Wildman–Crippen LogP) is 5.92. The maximum absolute atomic E-state index is 2.43. The van der Waals surface area contributed by atoms with Gasteiger partial charge in [-0.25, -0.2) is 0 Å². The molecule has 2 aliphatic carbocycles. The maximum atomic E-state index is 2.43. The van der Waals surface area contributed by atoms with E-state index in [0.717, 1.165) is 6.42 Å². The lowest BCUT2D eigenvalue weighted by molar-refractivity contribution is 0.582. The zero-order valence-electron chi connectivity index (χ0n) is 13.4. The fourth-order valence-corrected chi connectivity index (χ4v) is 2.97. The van der Waals surface area contributed by atoms with Crippen LogP contribution in [0, 0.1) is 0 Å². The normalized spacial score (nSPS) is 19.9. The molecule has 2 aliphatic rings. The molecule has 0 spiro atoms. The first-order valence-corrected chi connectivity index (χ1v) is 7.74. The van der Waals surface area contributed by atoms with E-state index in [2.05, 4.69) is 69.3 Å². The predicted molar refractivity (Wildman–Crippen MR) is 89.2 cm³/mol. The van der Waals surface area contributed by atoms with E-state index < -0.39 is 0 Å². The second-order valence-corrected chi connectivity index (χ2v) is 6.28. The summed E-state index contributed by atoms with van der Waals surface area (Å²) in [7, 11) is 0. The number of hydrogen-bond acceptors (Lipinski definition) is 0. The van der Waals surface area contributed by atoms with Crippen LogP contribution in [-0.4, -0.2) is 0 Å². The third-order valence-electron chi connectivity index (χ3n) is 3.87. The average Bonchev–Trinajstić information content (AvgIpc) is 3.01. The lowest BCUT2D eigenvalue weighted by Crippen LogP contribution is -2.14. The highest BCUT2D eigenvalue weighted by molar-refractivity contribution is 5.56. The third-order valence-corrected chi connectivity index (χ3v) is 3.87. The second kappa shape index (κ2) is 5.83. The Morgan fingerprint density at radius 2 is 1.70 bits per heavy atom. The van der Waals surface area contributed by atoms with Crippen LogP contribution in [0.4, 0.5) is 0 Å². The van der Waals surface area contributed by atoms with Crippen molar-refractivity contribution in [3.8, 4) is 0 Å². The van der Waals surface area contributed by atoms with Crippen LogP contribution in [0.5, 0.6) is 0 Å². The molecule has 0 heteroatoms. The molecule has 0 saturated carbocycles. The van der Waals surface area contributed by atoms with E-state index in [-0.39, 0.29) is 5.41 Å². The lowest BCUT2D eigenvalue weighted by Gasteiger charge is -2.24. The Bertz CT molecular complexity index is 562. The van der Waals surface area contributed by atoms with Crippen molar-refractivity contribution < 1.29 is 0 Å². The summed E-state index contributed by atoms with van der Waals surface area (Å²) in [6.07, 6.45) is 10.5. The molecule has 0 aliphatic heterocycles. The van der Waals surface area contributed by atoms with Gasteiger partial charge in [0, 0.05) is 5.92 Å². The van der Waals surface area contributed by atoms with Crippen molar-refractivity contribution in [3.05, 3.63) is 70.8 Å².